The first-order valence-electron chi connectivity index (χ1n) is 7.18. The molecule has 0 fully saturated rings. The summed E-state index contributed by atoms with van der Waals surface area (Å²) in [7, 11) is 0. The Balaban J connectivity index is 0. The van der Waals surface area contributed by atoms with Crippen LogP contribution in [-0.2, 0) is 5.41 Å². The maximum Gasteiger partial charge on any atom is 0.153 e. The lowest BCUT2D eigenvalue weighted by atomic mass is 9.80. The highest BCUT2D eigenvalue weighted by Gasteiger charge is 2.28. The normalized spacial score (nSPS) is 9.81. The van der Waals surface area contributed by atoms with Crippen LogP contribution in [0.5, 0.6) is 0 Å². The van der Waals surface area contributed by atoms with Crippen molar-refractivity contribution in [1.29, 1.82) is 0 Å². The molecule has 0 N–H and O–H groups in total. The van der Waals surface area contributed by atoms with E-state index in [1.165, 1.54) is 6.92 Å². The molecule has 0 radical (unpaired) electrons. The number of benzene rings is 1. The van der Waals surface area contributed by atoms with Crippen molar-refractivity contribution < 1.29 is 18.4 Å². The van der Waals surface area contributed by atoms with E-state index in [0.29, 0.717) is 12.6 Å². The molecule has 1 rings (SSSR count). The number of carbonyl (C=O) groups is 2. The predicted molar refractivity (Wildman–Crippen MR) is 83.3 cm³/mol. The second kappa shape index (κ2) is 9.37. The van der Waals surface area contributed by atoms with E-state index in [9.17, 15) is 18.4 Å². The summed E-state index contributed by atoms with van der Waals surface area (Å²) < 4.78 is 27.6. The van der Waals surface area contributed by atoms with Gasteiger partial charge in [-0.3, -0.25) is 9.59 Å². The number of hydrogen-bond acceptors (Lipinski definition) is 2. The maximum absolute atomic E-state index is 13.8. The highest BCUT2D eigenvalue weighted by Crippen LogP contribution is 2.33. The summed E-state index contributed by atoms with van der Waals surface area (Å²) in [6, 6.07) is 0. The first-order chi connectivity index (χ1) is 9.75. The Morgan fingerprint density at radius 2 is 1.10 bits per heavy atom. The molecule has 120 valence electrons. The Kier molecular flexibility index (Phi) is 9.69. The second-order valence-corrected chi connectivity index (χ2v) is 4.94. The molecule has 2 nitrogen and oxygen atoms in total. The Morgan fingerprint density at radius 1 is 0.810 bits per heavy atom. The van der Waals surface area contributed by atoms with Crippen LogP contribution in [0.25, 0.3) is 0 Å². The van der Waals surface area contributed by atoms with Crippen molar-refractivity contribution in [2.24, 2.45) is 0 Å². The van der Waals surface area contributed by atoms with Crippen LogP contribution in [0, 0.1) is 18.6 Å². The van der Waals surface area contributed by atoms with Crippen LogP contribution >= 0.6 is 0 Å². The number of aldehydes is 2. The number of hydrogen-bond donors (Lipinski definition) is 0. The monoisotopic (exact) mass is 300 g/mol. The number of halogens is 2. The zero-order valence-electron chi connectivity index (χ0n) is 14.2. The average molecular weight is 300 g/mol. The Morgan fingerprint density at radius 3 is 1.29 bits per heavy atom. The van der Waals surface area contributed by atoms with Crippen LogP contribution in [0.1, 0.15) is 80.3 Å². The van der Waals surface area contributed by atoms with Crippen LogP contribution in [0.2, 0.25) is 0 Å². The minimum atomic E-state index is -0.895. The molecule has 0 bridgehead atoms. The number of rotatable bonds is 2. The SMILES string of the molecule is CC.CC.Cc1c(F)c(C=O)c(C(C)(C)C)c(C=O)c1F. The molecule has 0 saturated carbocycles. The minimum absolute atomic E-state index is 0.114. The summed E-state index contributed by atoms with van der Waals surface area (Å²) >= 11 is 0. The summed E-state index contributed by atoms with van der Waals surface area (Å²) in [5, 5.41) is 0. The fourth-order valence-corrected chi connectivity index (χ4v) is 1.89. The van der Waals surface area contributed by atoms with E-state index in [1.807, 2.05) is 27.7 Å². The standard InChI is InChI=1S/C13H14F2O2.2C2H6/c1-7-11(14)8(5-16)10(13(2,3)4)9(6-17)12(7)15;2*1-2/h5-6H,1-4H3;2*1-2H3. The van der Waals surface area contributed by atoms with E-state index >= 15 is 0 Å². The summed E-state index contributed by atoms with van der Waals surface area (Å²) in [6.45, 7) is 14.3. The van der Waals surface area contributed by atoms with E-state index < -0.39 is 17.0 Å². The van der Waals surface area contributed by atoms with E-state index in [2.05, 4.69) is 0 Å². The molecule has 0 spiro atoms. The molecular weight excluding hydrogens is 274 g/mol. The fraction of sp³-hybridized carbons (Fsp3) is 0.529. The van der Waals surface area contributed by atoms with Gasteiger partial charge in [-0.1, -0.05) is 48.5 Å². The molecule has 1 aromatic rings. The Hall–Kier alpha value is -1.58. The van der Waals surface area contributed by atoms with Crippen molar-refractivity contribution in [3.8, 4) is 0 Å². The molecule has 21 heavy (non-hydrogen) atoms. The van der Waals surface area contributed by atoms with Gasteiger partial charge in [0.25, 0.3) is 0 Å². The lowest BCUT2D eigenvalue weighted by Crippen LogP contribution is -2.20. The third kappa shape index (κ3) is 4.73. The van der Waals surface area contributed by atoms with Crippen molar-refractivity contribution in [1.82, 2.24) is 0 Å². The van der Waals surface area contributed by atoms with Gasteiger partial charge in [0.05, 0.1) is 11.1 Å². The largest absolute Gasteiger partial charge is 0.298 e. The van der Waals surface area contributed by atoms with Gasteiger partial charge in [-0.2, -0.15) is 0 Å². The van der Waals surface area contributed by atoms with Crippen LogP contribution in [0.4, 0.5) is 8.78 Å². The van der Waals surface area contributed by atoms with Gasteiger partial charge in [-0.25, -0.2) is 8.78 Å². The zero-order chi connectivity index (χ0) is 17.4. The van der Waals surface area contributed by atoms with Crippen LogP contribution in [-0.4, -0.2) is 12.6 Å². The second-order valence-electron chi connectivity index (χ2n) is 4.94. The van der Waals surface area contributed by atoms with Gasteiger partial charge < -0.3 is 0 Å². The highest BCUT2D eigenvalue weighted by molar-refractivity contribution is 5.88. The van der Waals surface area contributed by atoms with E-state index in [0.717, 1.165) is 0 Å². The fourth-order valence-electron chi connectivity index (χ4n) is 1.89. The molecule has 0 saturated heterocycles. The first-order valence-corrected chi connectivity index (χ1v) is 7.18. The lowest BCUT2D eigenvalue weighted by Gasteiger charge is -2.24. The molecule has 0 unspecified atom stereocenters. The Labute approximate surface area is 126 Å². The summed E-state index contributed by atoms with van der Waals surface area (Å²) in [6.07, 6.45) is 0.657. The van der Waals surface area contributed by atoms with Gasteiger partial charge in [-0.05, 0) is 17.9 Å². The molecule has 0 aliphatic carbocycles. The number of carbonyl (C=O) groups excluding carboxylic acids is 2. The quantitative estimate of drug-likeness (QED) is 0.699. The molecule has 1 aromatic carbocycles. The van der Waals surface area contributed by atoms with Crippen molar-refractivity contribution >= 4 is 12.6 Å². The van der Waals surface area contributed by atoms with Gasteiger partial charge in [0, 0.05) is 5.56 Å². The summed E-state index contributed by atoms with van der Waals surface area (Å²) in [5.41, 5.74) is -1.36. The molecule has 0 aliphatic heterocycles. The minimum Gasteiger partial charge on any atom is -0.298 e. The lowest BCUT2D eigenvalue weighted by molar-refractivity contribution is 0.111. The third-order valence-corrected chi connectivity index (χ3v) is 2.66. The van der Waals surface area contributed by atoms with Crippen LogP contribution in [0.3, 0.4) is 0 Å². The average Bonchev–Trinajstić information content (AvgIpc) is 2.47. The summed E-state index contributed by atoms with van der Waals surface area (Å²) in [4.78, 5) is 21.9. The van der Waals surface area contributed by atoms with E-state index in [4.69, 9.17) is 0 Å². The highest BCUT2D eigenvalue weighted by atomic mass is 19.1. The third-order valence-electron chi connectivity index (χ3n) is 2.66. The van der Waals surface area contributed by atoms with Crippen molar-refractivity contribution in [3.05, 3.63) is 33.9 Å². The molecule has 0 amide bonds. The molecule has 0 atom stereocenters. The zero-order valence-corrected chi connectivity index (χ0v) is 14.2. The molecular formula is C17H26F2O2. The van der Waals surface area contributed by atoms with Gasteiger partial charge in [0.2, 0.25) is 0 Å². The smallest absolute Gasteiger partial charge is 0.153 e. The maximum atomic E-state index is 13.8. The van der Waals surface area contributed by atoms with Crippen molar-refractivity contribution in [2.75, 3.05) is 0 Å². The molecule has 0 aromatic heterocycles. The molecule has 0 aliphatic rings. The summed E-state index contributed by atoms with van der Waals surface area (Å²) in [5.74, 6) is -1.79. The Bertz CT molecular complexity index is 452. The van der Waals surface area contributed by atoms with E-state index in [-0.39, 0.29) is 22.3 Å². The van der Waals surface area contributed by atoms with Gasteiger partial charge in [0.15, 0.2) is 12.6 Å². The first kappa shape index (κ1) is 21.7. The molecule has 4 heteroatoms. The van der Waals surface area contributed by atoms with E-state index in [1.54, 1.807) is 20.8 Å². The van der Waals surface area contributed by atoms with Gasteiger partial charge in [-0.15, -0.1) is 0 Å². The van der Waals surface area contributed by atoms with Crippen molar-refractivity contribution in [3.63, 3.8) is 0 Å². The topological polar surface area (TPSA) is 34.1 Å². The predicted octanol–water partition coefficient (Wildman–Crippen LogP) is 5.25. The molecule has 0 heterocycles. The van der Waals surface area contributed by atoms with Crippen LogP contribution < -0.4 is 0 Å². The van der Waals surface area contributed by atoms with Gasteiger partial charge in [0.1, 0.15) is 11.6 Å². The van der Waals surface area contributed by atoms with Gasteiger partial charge >= 0.3 is 0 Å². The van der Waals surface area contributed by atoms with Crippen molar-refractivity contribution in [2.45, 2.75) is 60.8 Å². The van der Waals surface area contributed by atoms with Crippen LogP contribution in [0.15, 0.2) is 0 Å².